The van der Waals surface area contributed by atoms with Crippen LogP contribution in [0.25, 0.3) is 0 Å². The number of rotatable bonds is 6. The number of hydrogen-bond donors (Lipinski definition) is 0. The molecule has 0 aliphatic carbocycles. The van der Waals surface area contributed by atoms with E-state index in [4.69, 9.17) is 0 Å². The minimum atomic E-state index is 0.895. The number of unbranched alkanes of at least 4 members (excludes halogenated alkanes) is 1. The molecule has 68 valence electrons. The van der Waals surface area contributed by atoms with Gasteiger partial charge in [0.05, 0.1) is 0 Å². The van der Waals surface area contributed by atoms with Crippen molar-refractivity contribution in [2.75, 3.05) is 0 Å². The molecular weight excluding hydrogens is 132 g/mol. The van der Waals surface area contributed by atoms with Crippen LogP contribution in [-0.2, 0) is 0 Å². The van der Waals surface area contributed by atoms with Crippen LogP contribution in [0.1, 0.15) is 59.8 Å². The Labute approximate surface area is 72.4 Å². The minimum absolute atomic E-state index is 0.895. The second-order valence-corrected chi connectivity index (χ2v) is 4.19. The lowest BCUT2D eigenvalue weighted by Crippen LogP contribution is -1.93. The van der Waals surface area contributed by atoms with E-state index in [0.717, 1.165) is 11.8 Å². The molecule has 0 radical (unpaired) electrons. The van der Waals surface area contributed by atoms with Crippen LogP contribution in [0.15, 0.2) is 0 Å². The fourth-order valence-electron chi connectivity index (χ4n) is 1.25. The van der Waals surface area contributed by atoms with Crippen molar-refractivity contribution in [3.05, 3.63) is 0 Å². The zero-order chi connectivity index (χ0) is 8.69. The Kier molecular flexibility index (Phi) is 6.69. The molecule has 0 aromatic rings. The Morgan fingerprint density at radius 1 is 0.909 bits per heavy atom. The largest absolute Gasteiger partial charge is 0.0651 e. The molecule has 0 N–H and O–H groups in total. The summed E-state index contributed by atoms with van der Waals surface area (Å²) in [4.78, 5) is 0. The monoisotopic (exact) mass is 156 g/mol. The van der Waals surface area contributed by atoms with E-state index >= 15 is 0 Å². The normalized spacial score (nSPS) is 13.9. The topological polar surface area (TPSA) is 0 Å². The molecule has 0 heterocycles. The molecule has 0 bridgehead atoms. The lowest BCUT2D eigenvalue weighted by Gasteiger charge is -2.08. The first kappa shape index (κ1) is 11.0. The third-order valence-electron chi connectivity index (χ3n) is 2.43. The quantitative estimate of drug-likeness (QED) is 0.504. The molecule has 0 aliphatic rings. The highest BCUT2D eigenvalue weighted by atomic mass is 14.0. The van der Waals surface area contributed by atoms with E-state index in [1.807, 2.05) is 0 Å². The van der Waals surface area contributed by atoms with Crippen molar-refractivity contribution >= 4 is 0 Å². The molecule has 0 amide bonds. The molecule has 0 aromatic heterocycles. The lowest BCUT2D eigenvalue weighted by molar-refractivity contribution is 0.454. The van der Waals surface area contributed by atoms with Crippen LogP contribution in [0.2, 0.25) is 0 Å². The average Bonchev–Trinajstić information content (AvgIpc) is 1.97. The molecule has 0 aliphatic heterocycles. The van der Waals surface area contributed by atoms with Gasteiger partial charge in [0, 0.05) is 0 Å². The van der Waals surface area contributed by atoms with Crippen molar-refractivity contribution in [1.82, 2.24) is 0 Å². The van der Waals surface area contributed by atoms with E-state index < -0.39 is 0 Å². The van der Waals surface area contributed by atoms with Gasteiger partial charge in [-0.05, 0) is 11.8 Å². The SMILES string of the molecule is CCC(C)CCCCC(C)C. The van der Waals surface area contributed by atoms with Gasteiger partial charge in [-0.15, -0.1) is 0 Å². The standard InChI is InChI=1S/C11H24/c1-5-11(4)9-7-6-8-10(2)3/h10-11H,5-9H2,1-4H3. The van der Waals surface area contributed by atoms with Gasteiger partial charge in [-0.3, -0.25) is 0 Å². The second-order valence-electron chi connectivity index (χ2n) is 4.19. The Morgan fingerprint density at radius 3 is 1.91 bits per heavy atom. The van der Waals surface area contributed by atoms with Gasteiger partial charge in [-0.2, -0.15) is 0 Å². The summed E-state index contributed by atoms with van der Waals surface area (Å²) in [6.07, 6.45) is 7.07. The molecule has 0 saturated heterocycles. The zero-order valence-electron chi connectivity index (χ0n) is 8.69. The van der Waals surface area contributed by atoms with E-state index in [-0.39, 0.29) is 0 Å². The highest BCUT2D eigenvalue weighted by Gasteiger charge is 1.98. The van der Waals surface area contributed by atoms with Gasteiger partial charge in [0.15, 0.2) is 0 Å². The molecule has 0 spiro atoms. The summed E-state index contributed by atoms with van der Waals surface area (Å²) in [5.74, 6) is 1.84. The fraction of sp³-hybridized carbons (Fsp3) is 1.00. The van der Waals surface area contributed by atoms with Crippen molar-refractivity contribution in [3.8, 4) is 0 Å². The van der Waals surface area contributed by atoms with E-state index in [0.29, 0.717) is 0 Å². The molecule has 1 atom stereocenters. The summed E-state index contributed by atoms with van der Waals surface area (Å²) in [6.45, 7) is 9.26. The maximum absolute atomic E-state index is 2.36. The van der Waals surface area contributed by atoms with Gasteiger partial charge in [-0.1, -0.05) is 59.8 Å². The Balaban J connectivity index is 3.01. The summed E-state index contributed by atoms with van der Waals surface area (Å²) in [5.41, 5.74) is 0. The summed E-state index contributed by atoms with van der Waals surface area (Å²) >= 11 is 0. The van der Waals surface area contributed by atoms with Crippen LogP contribution in [0.3, 0.4) is 0 Å². The summed E-state index contributed by atoms with van der Waals surface area (Å²) < 4.78 is 0. The van der Waals surface area contributed by atoms with E-state index in [2.05, 4.69) is 27.7 Å². The minimum Gasteiger partial charge on any atom is -0.0651 e. The van der Waals surface area contributed by atoms with Gasteiger partial charge in [0.25, 0.3) is 0 Å². The van der Waals surface area contributed by atoms with Crippen LogP contribution < -0.4 is 0 Å². The molecule has 11 heavy (non-hydrogen) atoms. The Bertz CT molecular complexity index is 74.1. The van der Waals surface area contributed by atoms with Gasteiger partial charge >= 0.3 is 0 Å². The first-order valence-corrected chi connectivity index (χ1v) is 5.16. The Hall–Kier alpha value is 0. The molecule has 0 heteroatoms. The van der Waals surface area contributed by atoms with Gasteiger partial charge < -0.3 is 0 Å². The molecule has 0 fully saturated rings. The predicted molar refractivity (Wildman–Crippen MR) is 52.8 cm³/mol. The third-order valence-corrected chi connectivity index (χ3v) is 2.43. The van der Waals surface area contributed by atoms with E-state index in [9.17, 15) is 0 Å². The highest BCUT2D eigenvalue weighted by molar-refractivity contribution is 4.52. The molecular formula is C11H24. The average molecular weight is 156 g/mol. The van der Waals surface area contributed by atoms with Crippen molar-refractivity contribution < 1.29 is 0 Å². The first-order valence-electron chi connectivity index (χ1n) is 5.16. The second kappa shape index (κ2) is 6.69. The molecule has 0 saturated carbocycles. The van der Waals surface area contributed by atoms with E-state index in [1.54, 1.807) is 0 Å². The van der Waals surface area contributed by atoms with Gasteiger partial charge in [0.2, 0.25) is 0 Å². The fourth-order valence-corrected chi connectivity index (χ4v) is 1.25. The van der Waals surface area contributed by atoms with Crippen LogP contribution in [-0.4, -0.2) is 0 Å². The molecule has 0 rings (SSSR count). The van der Waals surface area contributed by atoms with Gasteiger partial charge in [-0.25, -0.2) is 0 Å². The zero-order valence-corrected chi connectivity index (χ0v) is 8.69. The third kappa shape index (κ3) is 7.90. The highest BCUT2D eigenvalue weighted by Crippen LogP contribution is 2.14. The lowest BCUT2D eigenvalue weighted by atomic mass is 9.98. The maximum Gasteiger partial charge on any atom is -0.0445 e. The van der Waals surface area contributed by atoms with Crippen LogP contribution >= 0.6 is 0 Å². The smallest absolute Gasteiger partial charge is 0.0445 e. The van der Waals surface area contributed by atoms with E-state index in [1.165, 1.54) is 32.1 Å². The molecule has 0 nitrogen and oxygen atoms in total. The number of hydrogen-bond acceptors (Lipinski definition) is 0. The molecule has 1 unspecified atom stereocenters. The summed E-state index contributed by atoms with van der Waals surface area (Å²) in [7, 11) is 0. The van der Waals surface area contributed by atoms with Crippen molar-refractivity contribution in [2.45, 2.75) is 59.8 Å². The molecule has 0 aromatic carbocycles. The van der Waals surface area contributed by atoms with Crippen LogP contribution in [0, 0.1) is 11.8 Å². The first-order chi connectivity index (χ1) is 5.16. The van der Waals surface area contributed by atoms with Crippen molar-refractivity contribution in [2.24, 2.45) is 11.8 Å². The van der Waals surface area contributed by atoms with Gasteiger partial charge in [0.1, 0.15) is 0 Å². The summed E-state index contributed by atoms with van der Waals surface area (Å²) in [6, 6.07) is 0. The summed E-state index contributed by atoms with van der Waals surface area (Å²) in [5, 5.41) is 0. The Morgan fingerprint density at radius 2 is 1.45 bits per heavy atom. The van der Waals surface area contributed by atoms with Crippen molar-refractivity contribution in [3.63, 3.8) is 0 Å². The van der Waals surface area contributed by atoms with Crippen LogP contribution in [0.4, 0.5) is 0 Å². The van der Waals surface area contributed by atoms with Crippen LogP contribution in [0.5, 0.6) is 0 Å². The van der Waals surface area contributed by atoms with Crippen molar-refractivity contribution in [1.29, 1.82) is 0 Å². The predicted octanol–water partition coefficient (Wildman–Crippen LogP) is 4.25. The maximum atomic E-state index is 2.36.